The first-order valence-electron chi connectivity index (χ1n) is 7.98. The second-order valence-electron chi connectivity index (χ2n) is 5.97. The van der Waals surface area contributed by atoms with Gasteiger partial charge in [-0.1, -0.05) is 29.8 Å². The fourth-order valence-electron chi connectivity index (χ4n) is 2.82. The summed E-state index contributed by atoms with van der Waals surface area (Å²) in [6, 6.07) is 13.5. The maximum Gasteiger partial charge on any atom is 0.262 e. The van der Waals surface area contributed by atoms with Gasteiger partial charge < -0.3 is 0 Å². The molecule has 1 aromatic heterocycles. The standard InChI is InChI=1S/C19H16ClFN4O/c1-24(11-14-15(20)6-4-7-16(14)21)12-18-23-17-8-3-2-5-13(17)19(26)25(18)10-9-22/h2-8H,10-12H2,1H3. The summed E-state index contributed by atoms with van der Waals surface area (Å²) in [4.78, 5) is 19.0. The highest BCUT2D eigenvalue weighted by molar-refractivity contribution is 6.31. The Morgan fingerprint density at radius 3 is 2.73 bits per heavy atom. The number of benzene rings is 2. The molecule has 2 aromatic carbocycles. The van der Waals surface area contributed by atoms with Crippen molar-refractivity contribution in [1.29, 1.82) is 5.26 Å². The van der Waals surface area contributed by atoms with Crippen LogP contribution >= 0.6 is 11.6 Å². The number of halogens is 2. The Kier molecular flexibility index (Phi) is 5.31. The molecule has 0 aliphatic heterocycles. The van der Waals surface area contributed by atoms with Gasteiger partial charge in [0.05, 0.1) is 23.5 Å². The molecule has 3 rings (SSSR count). The predicted octanol–water partition coefficient (Wildman–Crippen LogP) is 3.34. The zero-order valence-electron chi connectivity index (χ0n) is 14.1. The first-order chi connectivity index (χ1) is 12.5. The zero-order chi connectivity index (χ0) is 18.7. The van der Waals surface area contributed by atoms with Crippen LogP contribution < -0.4 is 5.56 Å². The van der Waals surface area contributed by atoms with Crippen LogP contribution in [-0.2, 0) is 19.6 Å². The predicted molar refractivity (Wildman–Crippen MR) is 98.2 cm³/mol. The van der Waals surface area contributed by atoms with Crippen LogP contribution in [-0.4, -0.2) is 21.5 Å². The van der Waals surface area contributed by atoms with Crippen LogP contribution in [0.15, 0.2) is 47.3 Å². The Hall–Kier alpha value is -2.75. The highest BCUT2D eigenvalue weighted by Crippen LogP contribution is 2.21. The van der Waals surface area contributed by atoms with Gasteiger partial charge in [0.1, 0.15) is 18.2 Å². The van der Waals surface area contributed by atoms with Crippen LogP contribution in [0.25, 0.3) is 10.9 Å². The van der Waals surface area contributed by atoms with Crippen LogP contribution in [0, 0.1) is 17.1 Å². The van der Waals surface area contributed by atoms with Gasteiger partial charge in [0.25, 0.3) is 5.56 Å². The van der Waals surface area contributed by atoms with Crippen LogP contribution in [0.2, 0.25) is 5.02 Å². The summed E-state index contributed by atoms with van der Waals surface area (Å²) < 4.78 is 15.3. The third-order valence-corrected chi connectivity index (χ3v) is 4.42. The van der Waals surface area contributed by atoms with E-state index >= 15 is 0 Å². The van der Waals surface area contributed by atoms with Crippen molar-refractivity contribution in [1.82, 2.24) is 14.5 Å². The van der Waals surface area contributed by atoms with Gasteiger partial charge in [0.15, 0.2) is 0 Å². The van der Waals surface area contributed by atoms with Gasteiger partial charge >= 0.3 is 0 Å². The van der Waals surface area contributed by atoms with Gasteiger partial charge in [-0.25, -0.2) is 9.37 Å². The Morgan fingerprint density at radius 1 is 1.23 bits per heavy atom. The van der Waals surface area contributed by atoms with Crippen molar-refractivity contribution in [2.75, 3.05) is 7.05 Å². The lowest BCUT2D eigenvalue weighted by Crippen LogP contribution is -2.29. The fraction of sp³-hybridized carbons (Fsp3) is 0.211. The summed E-state index contributed by atoms with van der Waals surface area (Å²) in [5.74, 6) is 0.0652. The Morgan fingerprint density at radius 2 is 2.00 bits per heavy atom. The number of hydrogen-bond acceptors (Lipinski definition) is 4. The van der Waals surface area contributed by atoms with Crippen LogP contribution in [0.1, 0.15) is 11.4 Å². The third kappa shape index (κ3) is 3.59. The molecule has 26 heavy (non-hydrogen) atoms. The van der Waals surface area contributed by atoms with Gasteiger partial charge in [0.2, 0.25) is 0 Å². The molecule has 0 fully saturated rings. The molecule has 0 aliphatic carbocycles. The molecular formula is C19H16ClFN4O. The molecule has 3 aromatic rings. The van der Waals surface area contributed by atoms with Crippen molar-refractivity contribution in [3.05, 3.63) is 75.0 Å². The SMILES string of the molecule is CN(Cc1c(F)cccc1Cl)Cc1nc2ccccc2c(=O)n1CC#N. The number of nitrogens with zero attached hydrogens (tertiary/aromatic N) is 4. The molecule has 0 saturated heterocycles. The Balaban J connectivity index is 1.96. The molecule has 7 heteroatoms. The molecular weight excluding hydrogens is 355 g/mol. The normalized spacial score (nSPS) is 11.0. The lowest BCUT2D eigenvalue weighted by Gasteiger charge is -2.19. The first-order valence-corrected chi connectivity index (χ1v) is 8.36. The highest BCUT2D eigenvalue weighted by Gasteiger charge is 2.15. The molecule has 0 unspecified atom stereocenters. The summed E-state index contributed by atoms with van der Waals surface area (Å²) in [5.41, 5.74) is 0.690. The fourth-order valence-corrected chi connectivity index (χ4v) is 3.04. The Bertz CT molecular complexity index is 1040. The maximum absolute atomic E-state index is 14.0. The van der Waals surface area contributed by atoms with Crippen molar-refractivity contribution < 1.29 is 4.39 Å². The number of aromatic nitrogens is 2. The van der Waals surface area contributed by atoms with E-state index in [-0.39, 0.29) is 31.0 Å². The highest BCUT2D eigenvalue weighted by atomic mass is 35.5. The molecule has 1 heterocycles. The molecule has 0 bridgehead atoms. The largest absolute Gasteiger partial charge is 0.295 e. The molecule has 0 amide bonds. The topological polar surface area (TPSA) is 61.9 Å². The van der Waals surface area contributed by atoms with E-state index < -0.39 is 0 Å². The Labute approximate surface area is 154 Å². The van der Waals surface area contributed by atoms with Crippen LogP contribution in [0.3, 0.4) is 0 Å². The van der Waals surface area contributed by atoms with Crippen LogP contribution in [0.4, 0.5) is 4.39 Å². The van der Waals surface area contributed by atoms with E-state index in [0.29, 0.717) is 27.3 Å². The molecule has 0 aliphatic rings. The van der Waals surface area contributed by atoms with E-state index in [1.165, 1.54) is 10.6 Å². The lowest BCUT2D eigenvalue weighted by atomic mass is 10.2. The average molecular weight is 371 g/mol. The van der Waals surface area contributed by atoms with Crippen molar-refractivity contribution >= 4 is 22.5 Å². The minimum atomic E-state index is -0.384. The summed E-state index contributed by atoms with van der Waals surface area (Å²) in [5, 5.41) is 9.87. The molecule has 5 nitrogen and oxygen atoms in total. The second-order valence-corrected chi connectivity index (χ2v) is 6.37. The summed E-state index contributed by atoms with van der Waals surface area (Å²) >= 11 is 6.08. The smallest absolute Gasteiger partial charge is 0.262 e. The minimum absolute atomic E-state index is 0.0969. The monoisotopic (exact) mass is 370 g/mol. The van der Waals surface area contributed by atoms with Crippen molar-refractivity contribution in [2.24, 2.45) is 0 Å². The van der Waals surface area contributed by atoms with E-state index in [1.54, 1.807) is 48.3 Å². The van der Waals surface area contributed by atoms with Gasteiger partial charge in [0, 0.05) is 17.1 Å². The molecule has 0 radical (unpaired) electrons. The van der Waals surface area contributed by atoms with E-state index in [0.717, 1.165) is 0 Å². The van der Waals surface area contributed by atoms with Gasteiger partial charge in [-0.15, -0.1) is 0 Å². The van der Waals surface area contributed by atoms with Crippen molar-refractivity contribution in [2.45, 2.75) is 19.6 Å². The molecule has 0 N–H and O–H groups in total. The van der Waals surface area contributed by atoms with Gasteiger partial charge in [-0.2, -0.15) is 5.26 Å². The number of fused-ring (bicyclic) bond motifs is 1. The number of nitriles is 1. The summed E-state index contributed by atoms with van der Waals surface area (Å²) in [6.07, 6.45) is 0. The number of hydrogen-bond donors (Lipinski definition) is 0. The van der Waals surface area contributed by atoms with Gasteiger partial charge in [-0.3, -0.25) is 14.3 Å². The molecule has 0 spiro atoms. The first kappa shape index (κ1) is 18.1. The van der Waals surface area contributed by atoms with E-state index in [4.69, 9.17) is 16.9 Å². The lowest BCUT2D eigenvalue weighted by molar-refractivity contribution is 0.299. The van der Waals surface area contributed by atoms with Crippen molar-refractivity contribution in [3.63, 3.8) is 0 Å². The van der Waals surface area contributed by atoms with Crippen molar-refractivity contribution in [3.8, 4) is 6.07 Å². The molecule has 0 atom stereocenters. The summed E-state index contributed by atoms with van der Waals surface area (Å²) in [7, 11) is 1.78. The van der Waals surface area contributed by atoms with Gasteiger partial charge in [-0.05, 0) is 31.3 Å². The minimum Gasteiger partial charge on any atom is -0.295 e. The second kappa shape index (κ2) is 7.65. The van der Waals surface area contributed by atoms with Crippen LogP contribution in [0.5, 0.6) is 0 Å². The number of rotatable bonds is 5. The molecule has 132 valence electrons. The van der Waals surface area contributed by atoms with E-state index in [2.05, 4.69) is 4.98 Å². The maximum atomic E-state index is 14.0. The summed E-state index contributed by atoms with van der Waals surface area (Å²) in [6.45, 7) is 0.424. The quantitative estimate of drug-likeness (QED) is 0.691. The van der Waals surface area contributed by atoms with E-state index in [1.807, 2.05) is 6.07 Å². The van der Waals surface area contributed by atoms with E-state index in [9.17, 15) is 9.18 Å². The molecule has 0 saturated carbocycles. The average Bonchev–Trinajstić information content (AvgIpc) is 2.62. The third-order valence-electron chi connectivity index (χ3n) is 4.07. The zero-order valence-corrected chi connectivity index (χ0v) is 14.9. The number of para-hydroxylation sites is 1.